The lowest BCUT2D eigenvalue weighted by atomic mass is 10.1. The number of aromatic nitrogens is 3. The average molecular weight is 436 g/mol. The van der Waals surface area contributed by atoms with E-state index in [1.54, 1.807) is 34.3 Å². The van der Waals surface area contributed by atoms with Gasteiger partial charge < -0.3 is 10.2 Å². The Balaban J connectivity index is 1.50. The van der Waals surface area contributed by atoms with Gasteiger partial charge in [0.05, 0.1) is 29.4 Å². The monoisotopic (exact) mass is 435 g/mol. The highest BCUT2D eigenvalue weighted by atomic mass is 32.1. The lowest BCUT2D eigenvalue weighted by Crippen LogP contribution is -2.22. The fraction of sp³-hybridized carbons (Fsp3) is 0.261. The van der Waals surface area contributed by atoms with Crippen LogP contribution in [0.5, 0.6) is 0 Å². The van der Waals surface area contributed by atoms with Crippen LogP contribution in [0.2, 0.25) is 0 Å². The third-order valence-corrected chi connectivity index (χ3v) is 6.41. The Labute approximate surface area is 183 Å². The van der Waals surface area contributed by atoms with Crippen LogP contribution in [0.25, 0.3) is 11.0 Å². The number of anilines is 2. The summed E-state index contributed by atoms with van der Waals surface area (Å²) in [5.74, 6) is -0.801. The molecular weight excluding hydrogens is 413 g/mol. The molecule has 1 aliphatic heterocycles. The molecular formula is C23H22FN5OS. The molecule has 5 rings (SSSR count). The first-order valence-corrected chi connectivity index (χ1v) is 11.2. The largest absolute Gasteiger partial charge is 0.370 e. The zero-order valence-electron chi connectivity index (χ0n) is 17.1. The first-order valence-electron chi connectivity index (χ1n) is 10.3. The van der Waals surface area contributed by atoms with Crippen LogP contribution in [0.4, 0.5) is 15.8 Å². The fourth-order valence-electron chi connectivity index (χ4n) is 4.07. The summed E-state index contributed by atoms with van der Waals surface area (Å²) in [4.78, 5) is 21.1. The first-order chi connectivity index (χ1) is 15.1. The number of para-hydroxylation sites is 1. The highest BCUT2D eigenvalue weighted by Crippen LogP contribution is 2.32. The Morgan fingerprint density at radius 1 is 1.23 bits per heavy atom. The Kier molecular flexibility index (Phi) is 5.15. The summed E-state index contributed by atoms with van der Waals surface area (Å²) in [6.07, 6.45) is 3.79. The molecule has 4 aromatic rings. The van der Waals surface area contributed by atoms with E-state index >= 15 is 0 Å². The summed E-state index contributed by atoms with van der Waals surface area (Å²) < 4.78 is 16.5. The molecule has 8 heteroatoms. The first kappa shape index (κ1) is 19.7. The highest BCUT2D eigenvalue weighted by molar-refractivity contribution is 7.09. The number of fused-ring (bicyclic) bond motifs is 1. The third kappa shape index (κ3) is 3.79. The average Bonchev–Trinajstić information content (AvgIpc) is 3.52. The number of hydrogen-bond acceptors (Lipinski definition) is 5. The van der Waals surface area contributed by atoms with Gasteiger partial charge in [-0.1, -0.05) is 12.1 Å². The summed E-state index contributed by atoms with van der Waals surface area (Å²) in [6, 6.07) is 10.7. The van der Waals surface area contributed by atoms with Gasteiger partial charge in [0.15, 0.2) is 5.65 Å². The Bertz CT molecular complexity index is 1240. The molecule has 158 valence electrons. The van der Waals surface area contributed by atoms with E-state index in [2.05, 4.69) is 20.3 Å². The minimum Gasteiger partial charge on any atom is -0.370 e. The second kappa shape index (κ2) is 8.11. The smallest absolute Gasteiger partial charge is 0.256 e. The van der Waals surface area contributed by atoms with Crippen molar-refractivity contribution in [1.82, 2.24) is 14.8 Å². The number of rotatable bonds is 5. The molecule has 3 aromatic heterocycles. The zero-order valence-corrected chi connectivity index (χ0v) is 18.0. The number of carbonyl (C=O) groups excluding carboxylic acids is 1. The number of thiophene rings is 1. The topological polar surface area (TPSA) is 63.1 Å². The lowest BCUT2D eigenvalue weighted by molar-refractivity contribution is 0.102. The van der Waals surface area contributed by atoms with Gasteiger partial charge >= 0.3 is 0 Å². The number of nitrogens with one attached hydrogen (secondary N) is 1. The summed E-state index contributed by atoms with van der Waals surface area (Å²) in [7, 11) is 0. The van der Waals surface area contributed by atoms with Gasteiger partial charge in [-0.05, 0) is 49.4 Å². The molecule has 0 saturated carbocycles. The van der Waals surface area contributed by atoms with Crippen molar-refractivity contribution in [3.05, 3.63) is 69.9 Å². The molecule has 31 heavy (non-hydrogen) atoms. The maximum absolute atomic E-state index is 14.7. The standard InChI is InChI=1S/C23H22FN5OS/c1-15-12-17(18-13-25-29(22(18)26-15)14-16-6-5-11-31-16)23(30)27-21-19(24)7-4-8-20(21)28-9-2-3-10-28/h4-8,11-13H,2-3,9-10,14H2,1H3,(H,27,30). The number of nitrogens with zero attached hydrogens (tertiary/aromatic N) is 4. The molecule has 1 N–H and O–H groups in total. The number of amides is 1. The quantitative estimate of drug-likeness (QED) is 0.487. The van der Waals surface area contributed by atoms with Crippen LogP contribution in [-0.4, -0.2) is 33.8 Å². The molecule has 1 fully saturated rings. The number of aryl methyl sites for hydroxylation is 1. The van der Waals surface area contributed by atoms with Crippen molar-refractivity contribution in [3.8, 4) is 0 Å². The molecule has 4 heterocycles. The van der Waals surface area contributed by atoms with E-state index in [1.165, 1.54) is 6.07 Å². The molecule has 6 nitrogen and oxygen atoms in total. The van der Waals surface area contributed by atoms with Crippen LogP contribution < -0.4 is 10.2 Å². The molecule has 1 aliphatic rings. The number of carbonyl (C=O) groups is 1. The van der Waals surface area contributed by atoms with Crippen LogP contribution in [-0.2, 0) is 6.54 Å². The molecule has 1 aromatic carbocycles. The highest BCUT2D eigenvalue weighted by Gasteiger charge is 2.22. The summed E-state index contributed by atoms with van der Waals surface area (Å²) >= 11 is 1.65. The number of hydrogen-bond donors (Lipinski definition) is 1. The molecule has 0 bridgehead atoms. The molecule has 0 atom stereocenters. The van der Waals surface area contributed by atoms with Gasteiger partial charge in [-0.2, -0.15) is 5.10 Å². The van der Waals surface area contributed by atoms with E-state index in [4.69, 9.17) is 0 Å². The molecule has 0 spiro atoms. The second-order valence-electron chi connectivity index (χ2n) is 7.71. The van der Waals surface area contributed by atoms with Crippen molar-refractivity contribution < 1.29 is 9.18 Å². The van der Waals surface area contributed by atoms with Crippen LogP contribution in [0.1, 0.15) is 33.8 Å². The second-order valence-corrected chi connectivity index (χ2v) is 8.74. The van der Waals surface area contributed by atoms with Gasteiger partial charge in [0.1, 0.15) is 11.5 Å². The predicted octanol–water partition coefficient (Wildman–Crippen LogP) is 4.84. The molecule has 0 radical (unpaired) electrons. The van der Waals surface area contributed by atoms with Crippen molar-refractivity contribution in [2.24, 2.45) is 0 Å². The van der Waals surface area contributed by atoms with Crippen molar-refractivity contribution in [3.63, 3.8) is 0 Å². The van der Waals surface area contributed by atoms with Crippen molar-refractivity contribution >= 4 is 39.7 Å². The maximum atomic E-state index is 14.7. The predicted molar refractivity (Wildman–Crippen MR) is 121 cm³/mol. The molecule has 1 amide bonds. The molecule has 0 unspecified atom stereocenters. The van der Waals surface area contributed by atoms with E-state index in [1.807, 2.05) is 30.5 Å². The summed E-state index contributed by atoms with van der Waals surface area (Å²) in [5.41, 5.74) is 2.74. The van der Waals surface area contributed by atoms with Gasteiger partial charge in [-0.15, -0.1) is 11.3 Å². The van der Waals surface area contributed by atoms with Crippen LogP contribution in [0.3, 0.4) is 0 Å². The summed E-state index contributed by atoms with van der Waals surface area (Å²) in [6.45, 7) is 4.16. The van der Waals surface area contributed by atoms with E-state index in [9.17, 15) is 9.18 Å². The van der Waals surface area contributed by atoms with Gasteiger partial charge in [0.2, 0.25) is 0 Å². The van der Waals surface area contributed by atoms with Crippen LogP contribution in [0.15, 0.2) is 48.0 Å². The van der Waals surface area contributed by atoms with Gasteiger partial charge in [0, 0.05) is 23.7 Å². The fourth-order valence-corrected chi connectivity index (χ4v) is 4.75. The van der Waals surface area contributed by atoms with Crippen molar-refractivity contribution in [2.45, 2.75) is 26.3 Å². The Morgan fingerprint density at radius 2 is 2.06 bits per heavy atom. The van der Waals surface area contributed by atoms with Crippen LogP contribution >= 0.6 is 11.3 Å². The van der Waals surface area contributed by atoms with Crippen LogP contribution in [0, 0.1) is 12.7 Å². The minimum atomic E-state index is -0.437. The zero-order chi connectivity index (χ0) is 21.4. The maximum Gasteiger partial charge on any atom is 0.256 e. The normalized spacial score (nSPS) is 13.8. The lowest BCUT2D eigenvalue weighted by Gasteiger charge is -2.22. The van der Waals surface area contributed by atoms with Gasteiger partial charge in [0.25, 0.3) is 5.91 Å². The third-order valence-electron chi connectivity index (χ3n) is 5.54. The van der Waals surface area contributed by atoms with Crippen molar-refractivity contribution in [2.75, 3.05) is 23.3 Å². The van der Waals surface area contributed by atoms with E-state index < -0.39 is 5.82 Å². The SMILES string of the molecule is Cc1cc(C(=O)Nc2c(F)cccc2N2CCCC2)c2cnn(Cc3cccs3)c2n1. The van der Waals surface area contributed by atoms with E-state index in [0.717, 1.165) is 36.5 Å². The molecule has 0 aliphatic carbocycles. The number of halogens is 1. The van der Waals surface area contributed by atoms with E-state index in [0.29, 0.717) is 28.8 Å². The number of pyridine rings is 1. The Hall–Kier alpha value is -3.26. The van der Waals surface area contributed by atoms with Gasteiger partial charge in [-0.3, -0.25) is 4.79 Å². The summed E-state index contributed by atoms with van der Waals surface area (Å²) in [5, 5.41) is 9.96. The minimum absolute atomic E-state index is 0.225. The van der Waals surface area contributed by atoms with Crippen molar-refractivity contribution in [1.29, 1.82) is 0 Å². The molecule has 1 saturated heterocycles. The van der Waals surface area contributed by atoms with E-state index in [-0.39, 0.29) is 11.6 Å². The Morgan fingerprint density at radius 3 is 2.84 bits per heavy atom. The van der Waals surface area contributed by atoms with Gasteiger partial charge in [-0.25, -0.2) is 14.1 Å². The number of benzene rings is 1.